The maximum atomic E-state index is 12.8. The van der Waals surface area contributed by atoms with Crippen molar-refractivity contribution in [3.63, 3.8) is 0 Å². The maximum Gasteiger partial charge on any atom is 0.279 e. The van der Waals surface area contributed by atoms with Gasteiger partial charge in [0.15, 0.2) is 11.6 Å². The molecule has 2 N–H and O–H groups in total. The quantitative estimate of drug-likeness (QED) is 0.822. The predicted molar refractivity (Wildman–Crippen MR) is 90.1 cm³/mol. The van der Waals surface area contributed by atoms with Crippen molar-refractivity contribution in [1.82, 2.24) is 4.98 Å². The molecule has 0 fully saturated rings. The van der Waals surface area contributed by atoms with Crippen molar-refractivity contribution in [3.8, 4) is 17.2 Å². The number of hydrogen-bond donors (Lipinski definition) is 2. The van der Waals surface area contributed by atoms with E-state index in [1.165, 1.54) is 27.3 Å². The summed E-state index contributed by atoms with van der Waals surface area (Å²) in [5.41, 5.74) is -1.40. The Morgan fingerprint density at radius 2 is 2.08 bits per heavy atom. The number of aromatic nitrogens is 1. The average Bonchev–Trinajstić information content (AvgIpc) is 2.62. The van der Waals surface area contributed by atoms with Gasteiger partial charge in [0.25, 0.3) is 17.4 Å². The lowest BCUT2D eigenvalue weighted by atomic mass is 10.0. The average molecular weight is 343 g/mol. The number of ether oxygens (including phenoxy) is 3. The Kier molecular flexibility index (Phi) is 4.18. The summed E-state index contributed by atoms with van der Waals surface area (Å²) < 4.78 is 16.0. The molecule has 1 atom stereocenters. The van der Waals surface area contributed by atoms with Gasteiger partial charge >= 0.3 is 0 Å². The molecule has 2 heterocycles. The van der Waals surface area contributed by atoms with Gasteiger partial charge in [0.05, 0.1) is 19.9 Å². The standard InChI is InChI=1S/C17H17N3O5/c1-17(16(22)20-14-13(25-17)5-4-8-18-14)15(21)19-11-9-10(23-2)6-7-12(11)24-3/h4-9H,1-3H3,(H,19,21)(H,18,20,22)/t17-/m0/s1. The summed E-state index contributed by atoms with van der Waals surface area (Å²) in [5.74, 6) is 0.291. The number of nitrogens with one attached hydrogen (secondary N) is 2. The van der Waals surface area contributed by atoms with Crippen LogP contribution in [0.4, 0.5) is 11.5 Å². The second-order valence-corrected chi connectivity index (χ2v) is 5.46. The molecule has 1 aromatic carbocycles. The van der Waals surface area contributed by atoms with Crippen LogP contribution in [0.25, 0.3) is 0 Å². The molecule has 0 radical (unpaired) electrons. The highest BCUT2D eigenvalue weighted by Crippen LogP contribution is 2.34. The number of pyridine rings is 1. The van der Waals surface area contributed by atoms with E-state index in [4.69, 9.17) is 14.2 Å². The van der Waals surface area contributed by atoms with Gasteiger partial charge in [0, 0.05) is 12.3 Å². The van der Waals surface area contributed by atoms with Gasteiger partial charge in [-0.05, 0) is 31.2 Å². The Balaban J connectivity index is 1.90. The van der Waals surface area contributed by atoms with Crippen molar-refractivity contribution < 1.29 is 23.8 Å². The Bertz CT molecular complexity index is 839. The summed E-state index contributed by atoms with van der Waals surface area (Å²) >= 11 is 0. The summed E-state index contributed by atoms with van der Waals surface area (Å²) in [5, 5.41) is 5.23. The van der Waals surface area contributed by atoms with E-state index in [1.807, 2.05) is 0 Å². The van der Waals surface area contributed by atoms with E-state index in [2.05, 4.69) is 15.6 Å². The number of rotatable bonds is 4. The van der Waals surface area contributed by atoms with Crippen LogP contribution in [0.5, 0.6) is 17.2 Å². The molecule has 0 aliphatic carbocycles. The zero-order valence-corrected chi connectivity index (χ0v) is 14.0. The minimum absolute atomic E-state index is 0.275. The van der Waals surface area contributed by atoms with Crippen LogP contribution in [0, 0.1) is 0 Å². The molecule has 2 amide bonds. The monoisotopic (exact) mass is 343 g/mol. The first kappa shape index (κ1) is 16.6. The van der Waals surface area contributed by atoms with Crippen LogP contribution >= 0.6 is 0 Å². The molecule has 1 aliphatic rings. The molecule has 1 aromatic heterocycles. The third-order valence-electron chi connectivity index (χ3n) is 3.84. The smallest absolute Gasteiger partial charge is 0.279 e. The highest BCUT2D eigenvalue weighted by molar-refractivity contribution is 6.18. The van der Waals surface area contributed by atoms with E-state index in [0.717, 1.165) is 0 Å². The van der Waals surface area contributed by atoms with E-state index in [9.17, 15) is 9.59 Å². The fourth-order valence-electron chi connectivity index (χ4n) is 2.36. The van der Waals surface area contributed by atoms with Crippen LogP contribution in [0.3, 0.4) is 0 Å². The van der Waals surface area contributed by atoms with Crippen LogP contribution in [-0.2, 0) is 9.59 Å². The predicted octanol–water partition coefficient (Wildman–Crippen LogP) is 1.83. The Labute approximate surface area is 144 Å². The van der Waals surface area contributed by atoms with Crippen LogP contribution in [0.15, 0.2) is 36.5 Å². The molecular formula is C17H17N3O5. The maximum absolute atomic E-state index is 12.8. The molecule has 0 saturated carbocycles. The number of nitrogens with zero attached hydrogens (tertiary/aromatic N) is 1. The van der Waals surface area contributed by atoms with Gasteiger partial charge in [0.1, 0.15) is 11.5 Å². The van der Waals surface area contributed by atoms with Gasteiger partial charge < -0.3 is 24.8 Å². The van der Waals surface area contributed by atoms with Crippen molar-refractivity contribution in [3.05, 3.63) is 36.5 Å². The third-order valence-corrected chi connectivity index (χ3v) is 3.84. The topological polar surface area (TPSA) is 98.8 Å². The number of carbonyl (C=O) groups is 2. The minimum atomic E-state index is -1.76. The Morgan fingerprint density at radius 3 is 2.80 bits per heavy atom. The first-order valence-electron chi connectivity index (χ1n) is 7.47. The molecule has 8 heteroatoms. The molecular weight excluding hydrogens is 326 g/mol. The normalized spacial score (nSPS) is 18.4. The van der Waals surface area contributed by atoms with E-state index < -0.39 is 17.4 Å². The van der Waals surface area contributed by atoms with E-state index in [-0.39, 0.29) is 5.82 Å². The highest BCUT2D eigenvalue weighted by Gasteiger charge is 2.47. The fourth-order valence-corrected chi connectivity index (χ4v) is 2.36. The summed E-state index contributed by atoms with van der Waals surface area (Å²) in [4.78, 5) is 29.2. The summed E-state index contributed by atoms with van der Waals surface area (Å²) in [7, 11) is 2.99. The molecule has 25 heavy (non-hydrogen) atoms. The van der Waals surface area contributed by atoms with Crippen LogP contribution in [0.1, 0.15) is 6.92 Å². The molecule has 130 valence electrons. The van der Waals surface area contributed by atoms with E-state index in [1.54, 1.807) is 30.3 Å². The second kappa shape index (κ2) is 6.31. The summed E-state index contributed by atoms with van der Waals surface area (Å²) in [6.45, 7) is 1.39. The molecule has 0 bridgehead atoms. The zero-order valence-electron chi connectivity index (χ0n) is 14.0. The molecule has 0 spiro atoms. The number of benzene rings is 1. The second-order valence-electron chi connectivity index (χ2n) is 5.46. The first-order chi connectivity index (χ1) is 12.0. The summed E-state index contributed by atoms with van der Waals surface area (Å²) in [6.07, 6.45) is 1.52. The molecule has 3 rings (SSSR count). The Morgan fingerprint density at radius 1 is 1.28 bits per heavy atom. The van der Waals surface area contributed by atoms with E-state index in [0.29, 0.717) is 22.9 Å². The minimum Gasteiger partial charge on any atom is -0.497 e. The number of fused-ring (bicyclic) bond motifs is 1. The van der Waals surface area contributed by atoms with Crippen molar-refractivity contribution >= 4 is 23.3 Å². The third kappa shape index (κ3) is 2.93. The summed E-state index contributed by atoms with van der Waals surface area (Å²) in [6, 6.07) is 8.22. The molecule has 8 nitrogen and oxygen atoms in total. The lowest BCUT2D eigenvalue weighted by Crippen LogP contribution is -2.56. The first-order valence-corrected chi connectivity index (χ1v) is 7.47. The van der Waals surface area contributed by atoms with Gasteiger partial charge in [-0.15, -0.1) is 0 Å². The number of hydrogen-bond acceptors (Lipinski definition) is 6. The van der Waals surface area contributed by atoms with Gasteiger partial charge in [-0.2, -0.15) is 0 Å². The van der Waals surface area contributed by atoms with Gasteiger partial charge in [-0.1, -0.05) is 0 Å². The lowest BCUT2D eigenvalue weighted by Gasteiger charge is -2.32. The van der Waals surface area contributed by atoms with Crippen molar-refractivity contribution in [2.75, 3.05) is 24.9 Å². The van der Waals surface area contributed by atoms with Crippen molar-refractivity contribution in [1.29, 1.82) is 0 Å². The van der Waals surface area contributed by atoms with Gasteiger partial charge in [0.2, 0.25) is 0 Å². The lowest BCUT2D eigenvalue weighted by molar-refractivity contribution is -0.143. The molecule has 2 aromatic rings. The molecule has 0 unspecified atom stereocenters. The van der Waals surface area contributed by atoms with Crippen LogP contribution < -0.4 is 24.8 Å². The van der Waals surface area contributed by atoms with Crippen molar-refractivity contribution in [2.45, 2.75) is 12.5 Å². The molecule has 1 aliphatic heterocycles. The van der Waals surface area contributed by atoms with Crippen molar-refractivity contribution in [2.24, 2.45) is 0 Å². The highest BCUT2D eigenvalue weighted by atomic mass is 16.5. The van der Waals surface area contributed by atoms with Gasteiger partial charge in [-0.3, -0.25) is 9.59 Å². The fraction of sp³-hybridized carbons (Fsp3) is 0.235. The number of anilines is 2. The van der Waals surface area contributed by atoms with Crippen LogP contribution in [-0.4, -0.2) is 36.6 Å². The SMILES string of the molecule is COc1ccc(OC)c(NC(=O)[C@]2(C)Oc3cccnc3NC2=O)c1. The van der Waals surface area contributed by atoms with Crippen LogP contribution in [0.2, 0.25) is 0 Å². The van der Waals surface area contributed by atoms with Gasteiger partial charge in [-0.25, -0.2) is 4.98 Å². The molecule has 0 saturated heterocycles. The Hall–Kier alpha value is -3.29. The van der Waals surface area contributed by atoms with E-state index >= 15 is 0 Å². The zero-order chi connectivity index (χ0) is 18.0. The number of methoxy groups -OCH3 is 2. The largest absolute Gasteiger partial charge is 0.497 e. The number of carbonyl (C=O) groups excluding carboxylic acids is 2. The number of amides is 2.